The summed E-state index contributed by atoms with van der Waals surface area (Å²) < 4.78 is 0. The molecule has 0 unspecified atom stereocenters. The van der Waals surface area contributed by atoms with Gasteiger partial charge in [0.2, 0.25) is 0 Å². The van der Waals surface area contributed by atoms with Crippen LogP contribution in [0.2, 0.25) is 0 Å². The van der Waals surface area contributed by atoms with Gasteiger partial charge in [0.15, 0.2) is 0 Å². The third-order valence-corrected chi connectivity index (χ3v) is 3.63. The summed E-state index contributed by atoms with van der Waals surface area (Å²) in [5.41, 5.74) is 1.13. The molecule has 0 radical (unpaired) electrons. The number of nitrogens with zero attached hydrogens (tertiary/aromatic N) is 1. The molecule has 1 aliphatic rings. The molecule has 2 nitrogen and oxygen atoms in total. The van der Waals surface area contributed by atoms with E-state index in [9.17, 15) is 4.79 Å². The highest BCUT2D eigenvalue weighted by molar-refractivity contribution is 5.86. The first-order valence-electron chi connectivity index (χ1n) is 6.77. The van der Waals surface area contributed by atoms with Gasteiger partial charge in [0.1, 0.15) is 5.78 Å². The Morgan fingerprint density at radius 2 is 1.94 bits per heavy atom. The Hall–Kier alpha value is -1.15. The quantitative estimate of drug-likeness (QED) is 0.815. The fraction of sp³-hybridized carbons (Fsp3) is 0.562. The van der Waals surface area contributed by atoms with Crippen LogP contribution in [-0.2, 0) is 11.3 Å². The highest BCUT2D eigenvalue weighted by Gasteiger charge is 2.34. The van der Waals surface area contributed by atoms with Crippen LogP contribution in [0, 0.1) is 11.3 Å². The SMILES string of the molecule is CC(C)(C)C(=O)[C@H]1CCN(Cc2ccccc2)C1. The molecule has 0 aliphatic carbocycles. The fourth-order valence-electron chi connectivity index (χ4n) is 2.64. The summed E-state index contributed by atoms with van der Waals surface area (Å²) in [6, 6.07) is 10.5. The molecule has 0 bridgehead atoms. The number of carbonyl (C=O) groups excluding carboxylic acids is 1. The molecule has 0 spiro atoms. The van der Waals surface area contributed by atoms with E-state index in [-0.39, 0.29) is 11.3 Å². The van der Waals surface area contributed by atoms with Crippen molar-refractivity contribution in [1.29, 1.82) is 0 Å². The Balaban J connectivity index is 1.91. The molecule has 1 aliphatic heterocycles. The lowest BCUT2D eigenvalue weighted by molar-refractivity contribution is -0.130. The lowest BCUT2D eigenvalue weighted by Crippen LogP contribution is -2.30. The fourth-order valence-corrected chi connectivity index (χ4v) is 2.64. The van der Waals surface area contributed by atoms with Crippen LogP contribution >= 0.6 is 0 Å². The van der Waals surface area contributed by atoms with E-state index in [2.05, 4.69) is 29.2 Å². The number of rotatable bonds is 3. The largest absolute Gasteiger partial charge is 0.299 e. The Morgan fingerprint density at radius 3 is 2.56 bits per heavy atom. The van der Waals surface area contributed by atoms with E-state index >= 15 is 0 Å². The molecule has 0 N–H and O–H groups in total. The molecule has 2 heteroatoms. The Morgan fingerprint density at radius 1 is 1.28 bits per heavy atom. The minimum absolute atomic E-state index is 0.201. The van der Waals surface area contributed by atoms with Crippen LogP contribution in [0.3, 0.4) is 0 Å². The lowest BCUT2D eigenvalue weighted by atomic mass is 9.83. The summed E-state index contributed by atoms with van der Waals surface area (Å²) in [7, 11) is 0. The standard InChI is InChI=1S/C16H23NO/c1-16(2,3)15(18)14-9-10-17(12-14)11-13-7-5-4-6-8-13/h4-8,14H,9-12H2,1-3H3/t14-/m0/s1. The Kier molecular flexibility index (Phi) is 3.86. The second kappa shape index (κ2) is 5.23. The van der Waals surface area contributed by atoms with Crippen molar-refractivity contribution in [2.24, 2.45) is 11.3 Å². The van der Waals surface area contributed by atoms with Crippen LogP contribution in [0.1, 0.15) is 32.8 Å². The predicted molar refractivity (Wildman–Crippen MR) is 74.3 cm³/mol. The minimum Gasteiger partial charge on any atom is -0.299 e. The molecule has 1 heterocycles. The van der Waals surface area contributed by atoms with Gasteiger partial charge >= 0.3 is 0 Å². The van der Waals surface area contributed by atoms with Crippen LogP contribution < -0.4 is 0 Å². The van der Waals surface area contributed by atoms with E-state index in [1.807, 2.05) is 26.8 Å². The maximum atomic E-state index is 12.2. The molecule has 98 valence electrons. The minimum atomic E-state index is -0.201. The van der Waals surface area contributed by atoms with Gasteiger partial charge in [0.25, 0.3) is 0 Å². The normalized spacial score (nSPS) is 21.2. The molecule has 1 fully saturated rings. The van der Waals surface area contributed by atoms with Gasteiger partial charge in [0.05, 0.1) is 0 Å². The van der Waals surface area contributed by atoms with E-state index in [4.69, 9.17) is 0 Å². The Bertz CT molecular complexity index is 405. The van der Waals surface area contributed by atoms with Crippen LogP contribution in [0.15, 0.2) is 30.3 Å². The van der Waals surface area contributed by atoms with E-state index in [0.29, 0.717) is 5.78 Å². The van der Waals surface area contributed by atoms with Crippen molar-refractivity contribution in [3.05, 3.63) is 35.9 Å². The van der Waals surface area contributed by atoms with E-state index in [1.165, 1.54) is 5.56 Å². The summed E-state index contributed by atoms with van der Waals surface area (Å²) in [5.74, 6) is 0.645. The van der Waals surface area contributed by atoms with Gasteiger partial charge in [-0.3, -0.25) is 9.69 Å². The molecule has 1 atom stereocenters. The molecular weight excluding hydrogens is 222 g/mol. The van der Waals surface area contributed by atoms with Crippen LogP contribution in [0.5, 0.6) is 0 Å². The highest BCUT2D eigenvalue weighted by atomic mass is 16.1. The monoisotopic (exact) mass is 245 g/mol. The zero-order valence-corrected chi connectivity index (χ0v) is 11.6. The van der Waals surface area contributed by atoms with Crippen molar-refractivity contribution in [2.75, 3.05) is 13.1 Å². The van der Waals surface area contributed by atoms with Crippen molar-refractivity contribution in [1.82, 2.24) is 4.90 Å². The van der Waals surface area contributed by atoms with Crippen molar-refractivity contribution in [3.8, 4) is 0 Å². The summed E-state index contributed by atoms with van der Waals surface area (Å²) in [6.45, 7) is 9.00. The topological polar surface area (TPSA) is 20.3 Å². The second-order valence-electron chi connectivity index (χ2n) is 6.32. The second-order valence-corrected chi connectivity index (χ2v) is 6.32. The van der Waals surface area contributed by atoms with Gasteiger partial charge in [-0.25, -0.2) is 0 Å². The first kappa shape index (κ1) is 13.3. The first-order chi connectivity index (χ1) is 8.47. The van der Waals surface area contributed by atoms with Gasteiger partial charge in [-0.05, 0) is 18.5 Å². The number of Topliss-reactive ketones (excluding diaryl/α,β-unsaturated/α-hetero) is 1. The number of benzene rings is 1. The zero-order valence-electron chi connectivity index (χ0n) is 11.6. The smallest absolute Gasteiger partial charge is 0.142 e. The molecule has 18 heavy (non-hydrogen) atoms. The van der Waals surface area contributed by atoms with Crippen molar-refractivity contribution >= 4 is 5.78 Å². The molecule has 0 saturated carbocycles. The van der Waals surface area contributed by atoms with Crippen LogP contribution in [0.4, 0.5) is 0 Å². The van der Waals surface area contributed by atoms with E-state index in [1.54, 1.807) is 0 Å². The molecule has 1 aromatic carbocycles. The molecule has 1 saturated heterocycles. The molecule has 1 aromatic rings. The van der Waals surface area contributed by atoms with Crippen molar-refractivity contribution < 1.29 is 4.79 Å². The number of likely N-dealkylation sites (tertiary alicyclic amines) is 1. The number of hydrogen-bond donors (Lipinski definition) is 0. The number of ketones is 1. The van der Waals surface area contributed by atoms with Crippen LogP contribution in [0.25, 0.3) is 0 Å². The van der Waals surface area contributed by atoms with Crippen molar-refractivity contribution in [3.63, 3.8) is 0 Å². The molecule has 0 amide bonds. The van der Waals surface area contributed by atoms with E-state index in [0.717, 1.165) is 26.1 Å². The molecule has 2 rings (SSSR count). The van der Waals surface area contributed by atoms with E-state index < -0.39 is 0 Å². The average molecular weight is 245 g/mol. The number of carbonyl (C=O) groups is 1. The highest BCUT2D eigenvalue weighted by Crippen LogP contribution is 2.27. The van der Waals surface area contributed by atoms with Crippen molar-refractivity contribution in [2.45, 2.75) is 33.7 Å². The van der Waals surface area contributed by atoms with Gasteiger partial charge < -0.3 is 0 Å². The van der Waals surface area contributed by atoms with Gasteiger partial charge in [-0.1, -0.05) is 51.1 Å². The lowest BCUT2D eigenvalue weighted by Gasteiger charge is -2.22. The predicted octanol–water partition coefficient (Wildman–Crippen LogP) is 3.12. The maximum Gasteiger partial charge on any atom is 0.142 e. The average Bonchev–Trinajstić information content (AvgIpc) is 2.76. The summed E-state index contributed by atoms with van der Waals surface area (Å²) in [5, 5.41) is 0. The first-order valence-corrected chi connectivity index (χ1v) is 6.77. The third-order valence-electron chi connectivity index (χ3n) is 3.63. The summed E-state index contributed by atoms with van der Waals surface area (Å²) in [6.07, 6.45) is 1.02. The third kappa shape index (κ3) is 3.20. The summed E-state index contributed by atoms with van der Waals surface area (Å²) in [4.78, 5) is 14.6. The van der Waals surface area contributed by atoms with Gasteiger partial charge in [-0.2, -0.15) is 0 Å². The number of hydrogen-bond acceptors (Lipinski definition) is 2. The maximum absolute atomic E-state index is 12.2. The van der Waals surface area contributed by atoms with Gasteiger partial charge in [0, 0.05) is 24.4 Å². The molecular formula is C16H23NO. The molecule has 0 aromatic heterocycles. The van der Waals surface area contributed by atoms with Crippen LogP contribution in [-0.4, -0.2) is 23.8 Å². The van der Waals surface area contributed by atoms with Gasteiger partial charge in [-0.15, -0.1) is 0 Å². The summed E-state index contributed by atoms with van der Waals surface area (Å²) >= 11 is 0. The Labute approximate surface area is 110 Å². The zero-order chi connectivity index (χ0) is 13.2.